The molecule has 0 spiro atoms. The van der Waals surface area contributed by atoms with E-state index < -0.39 is 83.8 Å². The lowest BCUT2D eigenvalue weighted by Gasteiger charge is -2.37. The zero-order valence-electron chi connectivity index (χ0n) is 40.7. The topological polar surface area (TPSA) is 198 Å². The highest BCUT2D eigenvalue weighted by molar-refractivity contribution is 5.97. The molecule has 1 saturated heterocycles. The number of unbranched alkanes of at least 4 members (excludes halogenated alkanes) is 1. The first-order valence-corrected chi connectivity index (χ1v) is 24.3. The molecule has 1 saturated carbocycles. The van der Waals surface area contributed by atoms with Gasteiger partial charge >= 0.3 is 5.97 Å². The molecule has 6 amide bonds. The summed E-state index contributed by atoms with van der Waals surface area (Å²) in [6.07, 6.45) is 11.7. The van der Waals surface area contributed by atoms with Gasteiger partial charge in [-0.15, -0.1) is 0 Å². The second-order valence-electron chi connectivity index (χ2n) is 19.8. The second kappa shape index (κ2) is 26.5. The van der Waals surface area contributed by atoms with Crippen molar-refractivity contribution in [3.63, 3.8) is 0 Å². The van der Waals surface area contributed by atoms with Crippen molar-refractivity contribution >= 4 is 41.4 Å². The van der Waals surface area contributed by atoms with Gasteiger partial charge in [-0.25, -0.2) is 4.79 Å². The molecule has 0 radical (unpaired) electrons. The molecule has 8 atom stereocenters. The first-order chi connectivity index (χ1) is 30.3. The van der Waals surface area contributed by atoms with E-state index in [1.54, 1.807) is 7.05 Å². The van der Waals surface area contributed by atoms with E-state index >= 15 is 0 Å². The normalized spacial score (nSPS) is 27.4. The van der Waals surface area contributed by atoms with Gasteiger partial charge in [0, 0.05) is 34.0 Å². The van der Waals surface area contributed by atoms with Gasteiger partial charge in [-0.05, 0) is 82.0 Å². The minimum atomic E-state index is -1.47. The fourth-order valence-corrected chi connectivity index (χ4v) is 9.31. The van der Waals surface area contributed by atoms with Crippen LogP contribution < -0.4 is 16.0 Å². The van der Waals surface area contributed by atoms with Crippen LogP contribution in [-0.4, -0.2) is 120 Å². The van der Waals surface area contributed by atoms with Crippen LogP contribution >= 0.6 is 0 Å². The number of nitrogens with one attached hydrogen (secondary N) is 3. The van der Waals surface area contributed by atoms with E-state index in [1.165, 1.54) is 35.7 Å². The highest BCUT2D eigenvalue weighted by Crippen LogP contribution is 2.30. The lowest BCUT2D eigenvalue weighted by Crippen LogP contribution is -2.60. The van der Waals surface area contributed by atoms with Crippen LogP contribution in [0.5, 0.6) is 0 Å². The summed E-state index contributed by atoms with van der Waals surface area (Å²) in [4.78, 5) is 105. The molecule has 0 aromatic carbocycles. The third-order valence-electron chi connectivity index (χ3n) is 13.4. The van der Waals surface area contributed by atoms with E-state index in [-0.39, 0.29) is 62.2 Å². The number of rotatable bonds is 15. The van der Waals surface area contributed by atoms with Gasteiger partial charge in [0.15, 0.2) is 6.10 Å². The molecule has 0 bridgehead atoms. The summed E-state index contributed by atoms with van der Waals surface area (Å²) in [5.41, 5.74) is 0.969. The summed E-state index contributed by atoms with van der Waals surface area (Å²) < 4.78 is 5.80. The molecule has 15 nitrogen and oxygen atoms in total. The molecule has 3 N–H and O–H groups in total. The van der Waals surface area contributed by atoms with Crippen molar-refractivity contribution in [1.82, 2.24) is 30.7 Å². The van der Waals surface area contributed by atoms with Gasteiger partial charge in [0.05, 0.1) is 6.07 Å². The van der Waals surface area contributed by atoms with E-state index in [2.05, 4.69) is 22.9 Å². The third-order valence-corrected chi connectivity index (χ3v) is 13.4. The van der Waals surface area contributed by atoms with Crippen molar-refractivity contribution in [1.29, 1.82) is 5.26 Å². The van der Waals surface area contributed by atoms with Gasteiger partial charge in [-0.3, -0.25) is 28.8 Å². The maximum Gasteiger partial charge on any atom is 0.329 e. The van der Waals surface area contributed by atoms with Crippen LogP contribution in [0.15, 0.2) is 11.6 Å². The quantitative estimate of drug-likeness (QED) is 0.131. The molecule has 2 fully saturated rings. The summed E-state index contributed by atoms with van der Waals surface area (Å²) in [6, 6.07) is -4.43. The molecule has 0 aromatic heterocycles. The maximum atomic E-state index is 14.8. The van der Waals surface area contributed by atoms with Gasteiger partial charge in [0.2, 0.25) is 29.5 Å². The van der Waals surface area contributed by atoms with Gasteiger partial charge in [-0.2, -0.15) is 5.26 Å². The number of likely N-dealkylation sites (N-methyl/N-ethyl adjacent to an activating group) is 3. The van der Waals surface area contributed by atoms with Crippen LogP contribution in [0, 0.1) is 35.0 Å². The van der Waals surface area contributed by atoms with E-state index in [9.17, 15) is 38.8 Å². The molecular formula is C49H81N7O8. The minimum absolute atomic E-state index is 0.0211. The number of amides is 6. The zero-order valence-corrected chi connectivity index (χ0v) is 40.7. The summed E-state index contributed by atoms with van der Waals surface area (Å²) in [5.74, 6) is -4.13. The smallest absolute Gasteiger partial charge is 0.329 e. The van der Waals surface area contributed by atoms with Gasteiger partial charge in [0.25, 0.3) is 5.91 Å². The van der Waals surface area contributed by atoms with Crippen molar-refractivity contribution < 1.29 is 38.3 Å². The number of hydrogen-bond donors (Lipinski definition) is 3. The van der Waals surface area contributed by atoms with Crippen molar-refractivity contribution in [2.24, 2.45) is 23.7 Å². The number of ether oxygens (including phenoxy) is 1. The highest BCUT2D eigenvalue weighted by atomic mass is 16.5. The van der Waals surface area contributed by atoms with Crippen LogP contribution in [0.1, 0.15) is 164 Å². The Morgan fingerprint density at radius 1 is 0.734 bits per heavy atom. The lowest BCUT2D eigenvalue weighted by atomic mass is 9.84. The Morgan fingerprint density at radius 2 is 1.30 bits per heavy atom. The Kier molecular flexibility index (Phi) is 22.3. The molecule has 64 heavy (non-hydrogen) atoms. The molecular weight excluding hydrogens is 815 g/mol. The van der Waals surface area contributed by atoms with Crippen molar-refractivity contribution in [3.8, 4) is 6.07 Å². The Balaban J connectivity index is 2.23. The third kappa shape index (κ3) is 16.2. The van der Waals surface area contributed by atoms with Crippen molar-refractivity contribution in [3.05, 3.63) is 11.6 Å². The Morgan fingerprint density at radius 3 is 1.88 bits per heavy atom. The van der Waals surface area contributed by atoms with Crippen molar-refractivity contribution in [2.45, 2.75) is 206 Å². The van der Waals surface area contributed by atoms with E-state index in [1.807, 2.05) is 46.8 Å². The van der Waals surface area contributed by atoms with Crippen molar-refractivity contribution in [2.75, 3.05) is 21.1 Å². The summed E-state index contributed by atoms with van der Waals surface area (Å²) in [6.45, 7) is 13.3. The Labute approximate surface area is 383 Å². The monoisotopic (exact) mass is 896 g/mol. The standard InChI is InChI=1S/C49H81N7O8/c1-11-12-19-33(6)28-38-46(60)54(8)34(7)49(63)64-42(24-18-25-50)45(59)53-39(29-35-22-16-17-23-35)48(62)55(9)40(27-32(4)5)43(57)51-37(26-31(2)3)47(61)56(10)41(44(58)52-38)30-36-20-14-13-15-21-36/h22,31-34,36-42H,11-21,23-24,26-30H2,1-10H3,(H,51,57)(H,52,58)(H,53,59)/t33-,34+,37+,38+,39+,40+,41+,42-/m1/s1. The van der Waals surface area contributed by atoms with Crippen LogP contribution in [-0.2, 0) is 38.3 Å². The number of allylic oxidation sites excluding steroid dienone is 1. The first kappa shape index (κ1) is 53.9. The van der Waals surface area contributed by atoms with E-state index in [0.29, 0.717) is 6.42 Å². The highest BCUT2D eigenvalue weighted by Gasteiger charge is 2.41. The largest absolute Gasteiger partial charge is 0.451 e. The molecule has 3 aliphatic rings. The molecule has 0 aromatic rings. The first-order valence-electron chi connectivity index (χ1n) is 24.3. The molecule has 0 unspecified atom stereocenters. The summed E-state index contributed by atoms with van der Waals surface area (Å²) >= 11 is 0. The lowest BCUT2D eigenvalue weighted by molar-refractivity contribution is -0.163. The SMILES string of the molecule is CCCC[C@@H](C)C[C@@H]1NC(=O)[C@H](CC2CCCCC2)N(C)C(=O)[C@H](CC(C)C)NC(=O)[C@H](CC(C)C)N(C)C(=O)[C@H](CC2=CCCC2)NC(=O)[C@@H](CCC#N)OC(=O)[C@H](C)N(C)C1=O. The fourth-order valence-electron chi connectivity index (χ4n) is 9.31. The number of nitriles is 1. The van der Waals surface area contributed by atoms with Crippen LogP contribution in [0.25, 0.3) is 0 Å². The number of nitrogens with zero attached hydrogens (tertiary/aromatic N) is 4. The number of cyclic esters (lactones) is 1. The summed E-state index contributed by atoms with van der Waals surface area (Å²) in [7, 11) is 4.56. The molecule has 15 heteroatoms. The zero-order chi connectivity index (χ0) is 47.7. The second-order valence-corrected chi connectivity index (χ2v) is 19.8. The average molecular weight is 896 g/mol. The van der Waals surface area contributed by atoms with Gasteiger partial charge in [0.1, 0.15) is 36.3 Å². The van der Waals surface area contributed by atoms with Crippen LogP contribution in [0.4, 0.5) is 0 Å². The van der Waals surface area contributed by atoms with E-state index in [4.69, 9.17) is 4.74 Å². The molecule has 1 heterocycles. The molecule has 1 aliphatic heterocycles. The number of carbonyl (C=O) groups excluding carboxylic acids is 7. The molecule has 2 aliphatic carbocycles. The summed E-state index contributed by atoms with van der Waals surface area (Å²) in [5, 5.41) is 18.4. The number of hydrogen-bond acceptors (Lipinski definition) is 9. The Bertz CT molecular complexity index is 1670. The Hall–Kier alpha value is -4.48. The van der Waals surface area contributed by atoms with E-state index in [0.717, 1.165) is 76.2 Å². The predicted molar refractivity (Wildman–Crippen MR) is 246 cm³/mol. The maximum absolute atomic E-state index is 14.8. The van der Waals surface area contributed by atoms with Crippen LogP contribution in [0.3, 0.4) is 0 Å². The predicted octanol–water partition coefficient (Wildman–Crippen LogP) is 5.95. The average Bonchev–Trinajstić information content (AvgIpc) is 3.78. The van der Waals surface area contributed by atoms with Gasteiger partial charge < -0.3 is 35.4 Å². The number of esters is 1. The molecule has 3 rings (SSSR count). The minimum Gasteiger partial charge on any atom is -0.451 e. The van der Waals surface area contributed by atoms with Crippen LogP contribution in [0.2, 0.25) is 0 Å². The number of carbonyl (C=O) groups is 7. The van der Waals surface area contributed by atoms with Gasteiger partial charge in [-0.1, -0.05) is 105 Å². The fraction of sp³-hybridized carbons (Fsp3) is 0.796. The molecule has 360 valence electrons.